The molecule has 0 saturated heterocycles. The van der Waals surface area contributed by atoms with Gasteiger partial charge in [-0.05, 0) is 12.1 Å². The zero-order chi connectivity index (χ0) is 16.8. The van der Waals surface area contributed by atoms with Crippen LogP contribution in [0.2, 0.25) is 30.1 Å². The van der Waals surface area contributed by atoms with Crippen LogP contribution < -0.4 is 0 Å². The number of alkyl halides is 3. The lowest BCUT2D eigenvalue weighted by atomic mass is 10.1. The van der Waals surface area contributed by atoms with Crippen LogP contribution >= 0.6 is 69.6 Å². The van der Waals surface area contributed by atoms with Crippen molar-refractivity contribution in [2.75, 3.05) is 0 Å². The molecule has 0 radical (unpaired) electrons. The third kappa shape index (κ3) is 3.37. The SMILES string of the molecule is FC(F)(F)c1cc(Cl)cc(-c2c(Cl)c(Cl)c(Cl)c(Cl)c2Cl)n1. The molecule has 0 fully saturated rings. The summed E-state index contributed by atoms with van der Waals surface area (Å²) in [5.41, 5.74) is -1.52. The van der Waals surface area contributed by atoms with Crippen molar-refractivity contribution in [3.8, 4) is 11.3 Å². The molecule has 0 N–H and O–H groups in total. The quantitative estimate of drug-likeness (QED) is 0.334. The molecule has 0 atom stereocenters. The Kier molecular flexibility index (Phi) is 5.32. The fourth-order valence-corrected chi connectivity index (χ4v) is 3.14. The van der Waals surface area contributed by atoms with E-state index >= 15 is 0 Å². The third-order valence-corrected chi connectivity index (χ3v) is 5.04. The van der Waals surface area contributed by atoms with E-state index in [9.17, 15) is 13.2 Å². The number of aromatic nitrogens is 1. The predicted molar refractivity (Wildman–Crippen MR) is 84.7 cm³/mol. The number of hydrogen-bond donors (Lipinski definition) is 0. The maximum atomic E-state index is 12.8. The minimum absolute atomic E-state index is 0.0873. The standard InChI is InChI=1S/C12H2Cl6F3N/c13-3-1-4(22-5(2-3)12(19,20)21)6-7(14)9(16)11(18)10(17)8(6)15/h1-2H. The number of rotatable bonds is 1. The van der Waals surface area contributed by atoms with E-state index in [0.717, 1.165) is 6.07 Å². The van der Waals surface area contributed by atoms with Crippen LogP contribution in [0.1, 0.15) is 5.69 Å². The Morgan fingerprint density at radius 2 is 1.18 bits per heavy atom. The molecule has 2 aromatic rings. The minimum Gasteiger partial charge on any atom is -0.243 e. The summed E-state index contributed by atoms with van der Waals surface area (Å²) in [6.07, 6.45) is -4.70. The van der Waals surface area contributed by atoms with E-state index in [4.69, 9.17) is 69.6 Å². The van der Waals surface area contributed by atoms with Gasteiger partial charge in [0.2, 0.25) is 0 Å². The van der Waals surface area contributed by atoms with Crippen LogP contribution in [-0.2, 0) is 6.18 Å². The second-order valence-electron chi connectivity index (χ2n) is 4.00. The van der Waals surface area contributed by atoms with E-state index < -0.39 is 11.9 Å². The maximum absolute atomic E-state index is 12.8. The molecule has 1 aromatic carbocycles. The molecule has 0 unspecified atom stereocenters. The van der Waals surface area contributed by atoms with Crippen LogP contribution in [0.15, 0.2) is 12.1 Å². The zero-order valence-electron chi connectivity index (χ0n) is 10.0. The smallest absolute Gasteiger partial charge is 0.243 e. The van der Waals surface area contributed by atoms with Crippen molar-refractivity contribution in [3.05, 3.63) is 48.0 Å². The lowest BCUT2D eigenvalue weighted by molar-refractivity contribution is -0.141. The first-order chi connectivity index (χ1) is 10.0. The molecular formula is C12H2Cl6F3N. The highest BCUT2D eigenvalue weighted by atomic mass is 35.5. The van der Waals surface area contributed by atoms with Gasteiger partial charge in [-0.25, -0.2) is 4.98 Å². The van der Waals surface area contributed by atoms with Gasteiger partial charge < -0.3 is 0 Å². The second-order valence-corrected chi connectivity index (χ2v) is 6.32. The molecular weight excluding hydrogens is 428 g/mol. The van der Waals surface area contributed by atoms with Crippen LogP contribution in [0.25, 0.3) is 11.3 Å². The lowest BCUT2D eigenvalue weighted by Gasteiger charge is -2.14. The molecule has 0 aliphatic rings. The third-order valence-electron chi connectivity index (χ3n) is 2.55. The highest BCUT2D eigenvalue weighted by Crippen LogP contribution is 2.48. The largest absolute Gasteiger partial charge is 0.433 e. The Morgan fingerprint density at radius 3 is 1.64 bits per heavy atom. The van der Waals surface area contributed by atoms with Gasteiger partial charge in [-0.15, -0.1) is 0 Å². The summed E-state index contributed by atoms with van der Waals surface area (Å²) in [5.74, 6) is 0. The number of benzene rings is 1. The Morgan fingerprint density at radius 1 is 0.727 bits per heavy atom. The van der Waals surface area contributed by atoms with Crippen molar-refractivity contribution >= 4 is 69.6 Å². The van der Waals surface area contributed by atoms with Crippen LogP contribution in [0.3, 0.4) is 0 Å². The monoisotopic (exact) mass is 427 g/mol. The summed E-state index contributed by atoms with van der Waals surface area (Å²) in [4.78, 5) is 3.47. The predicted octanol–water partition coefficient (Wildman–Crippen LogP) is 7.69. The fraction of sp³-hybridized carbons (Fsp3) is 0.0833. The van der Waals surface area contributed by atoms with Crippen molar-refractivity contribution in [2.45, 2.75) is 6.18 Å². The van der Waals surface area contributed by atoms with Gasteiger partial charge in [0.15, 0.2) is 0 Å². The Hall–Kier alpha value is -0.100. The average molecular weight is 430 g/mol. The molecule has 118 valence electrons. The van der Waals surface area contributed by atoms with Gasteiger partial charge in [0, 0.05) is 10.6 Å². The number of nitrogens with zero attached hydrogens (tertiary/aromatic N) is 1. The maximum Gasteiger partial charge on any atom is 0.433 e. The fourth-order valence-electron chi connectivity index (χ4n) is 1.60. The summed E-state index contributed by atoms with van der Waals surface area (Å²) in [7, 11) is 0. The van der Waals surface area contributed by atoms with Crippen LogP contribution in [0.5, 0.6) is 0 Å². The molecule has 0 spiro atoms. The van der Waals surface area contributed by atoms with Crippen molar-refractivity contribution in [1.29, 1.82) is 0 Å². The van der Waals surface area contributed by atoms with Gasteiger partial charge in [0.05, 0.1) is 30.8 Å². The normalized spacial score (nSPS) is 11.9. The van der Waals surface area contributed by atoms with Crippen molar-refractivity contribution in [3.63, 3.8) is 0 Å². The average Bonchev–Trinajstić information content (AvgIpc) is 2.42. The molecule has 0 saturated carbocycles. The summed E-state index contributed by atoms with van der Waals surface area (Å²) in [5, 5.41) is -0.967. The van der Waals surface area contributed by atoms with Crippen LogP contribution in [0, 0.1) is 0 Å². The van der Waals surface area contributed by atoms with Gasteiger partial charge in [-0.1, -0.05) is 69.6 Å². The Balaban J connectivity index is 2.81. The molecule has 1 aromatic heterocycles. The highest BCUT2D eigenvalue weighted by molar-refractivity contribution is 6.56. The van der Waals surface area contributed by atoms with Gasteiger partial charge in [0.1, 0.15) is 5.69 Å². The first kappa shape index (κ1) is 18.2. The van der Waals surface area contributed by atoms with E-state index in [1.54, 1.807) is 0 Å². The van der Waals surface area contributed by atoms with Crippen molar-refractivity contribution in [1.82, 2.24) is 4.98 Å². The molecule has 0 bridgehead atoms. The molecule has 0 aliphatic carbocycles. The van der Waals surface area contributed by atoms with E-state index in [-0.39, 0.29) is 41.4 Å². The van der Waals surface area contributed by atoms with E-state index in [0.29, 0.717) is 6.07 Å². The molecule has 1 nitrogen and oxygen atoms in total. The number of halogens is 9. The summed E-state index contributed by atoms with van der Waals surface area (Å²) in [6.45, 7) is 0. The molecule has 10 heteroatoms. The number of hydrogen-bond acceptors (Lipinski definition) is 1. The van der Waals surface area contributed by atoms with E-state index in [2.05, 4.69) is 4.98 Å². The van der Waals surface area contributed by atoms with Crippen molar-refractivity contribution in [2.24, 2.45) is 0 Å². The van der Waals surface area contributed by atoms with Crippen molar-refractivity contribution < 1.29 is 13.2 Å². The Labute approximate surface area is 152 Å². The molecule has 2 rings (SSSR count). The van der Waals surface area contributed by atoms with Gasteiger partial charge in [-0.2, -0.15) is 13.2 Å². The molecule has 1 heterocycles. The topological polar surface area (TPSA) is 12.9 Å². The van der Waals surface area contributed by atoms with E-state index in [1.807, 2.05) is 0 Å². The summed E-state index contributed by atoms with van der Waals surface area (Å²) in [6, 6.07) is 1.83. The highest BCUT2D eigenvalue weighted by Gasteiger charge is 2.34. The van der Waals surface area contributed by atoms with Crippen LogP contribution in [-0.4, -0.2) is 4.98 Å². The van der Waals surface area contributed by atoms with Crippen LogP contribution in [0.4, 0.5) is 13.2 Å². The zero-order valence-corrected chi connectivity index (χ0v) is 14.5. The lowest BCUT2D eigenvalue weighted by Crippen LogP contribution is -2.08. The van der Waals surface area contributed by atoms with Gasteiger partial charge >= 0.3 is 6.18 Å². The Bertz CT molecular complexity index is 730. The minimum atomic E-state index is -4.70. The van der Waals surface area contributed by atoms with Gasteiger partial charge in [-0.3, -0.25) is 0 Å². The van der Waals surface area contributed by atoms with Gasteiger partial charge in [0.25, 0.3) is 0 Å². The second kappa shape index (κ2) is 6.42. The summed E-state index contributed by atoms with van der Waals surface area (Å²) >= 11 is 35.3. The van der Waals surface area contributed by atoms with E-state index in [1.165, 1.54) is 0 Å². The summed E-state index contributed by atoms with van der Waals surface area (Å²) < 4.78 is 38.5. The first-order valence-corrected chi connectivity index (χ1v) is 7.57. The molecule has 22 heavy (non-hydrogen) atoms. The molecule has 0 aliphatic heterocycles. The number of pyridine rings is 1. The first-order valence-electron chi connectivity index (χ1n) is 5.30. The molecule has 0 amide bonds.